The molecule has 0 aromatic heterocycles. The number of amides is 1. The van der Waals surface area contributed by atoms with Crippen LogP contribution < -0.4 is 40.6 Å². The maximum Gasteiger partial charge on any atom is 1.00 e. The number of nitrogens with two attached hydrogens (primary N) is 1. The number of carbonyl (C=O) groups is 2. The van der Waals surface area contributed by atoms with Gasteiger partial charge in [0.1, 0.15) is 5.78 Å². The molecule has 1 aliphatic rings. The second-order valence-electron chi connectivity index (χ2n) is 8.17. The number of allylic oxidation sites excluding steroid dienone is 3. The fourth-order valence-electron chi connectivity index (χ4n) is 3.26. The minimum Gasteiger partial charge on any atom is -0.400 e. The van der Waals surface area contributed by atoms with Gasteiger partial charge >= 0.3 is 29.6 Å². The molecule has 8 heteroatoms. The van der Waals surface area contributed by atoms with Crippen LogP contribution in [0.15, 0.2) is 54.1 Å². The third-order valence-corrected chi connectivity index (χ3v) is 5.70. The molecule has 0 unspecified atom stereocenters. The molecule has 1 aromatic rings. The molecular weight excluding hydrogens is 467 g/mol. The fraction of sp³-hybridized carbons (Fsp3) is 0.407. The molecule has 2 rings (SSSR count). The molecule has 1 aromatic carbocycles. The van der Waals surface area contributed by atoms with E-state index in [1.54, 1.807) is 6.92 Å². The van der Waals surface area contributed by atoms with Crippen LogP contribution in [0.5, 0.6) is 0 Å². The van der Waals surface area contributed by atoms with Crippen molar-refractivity contribution in [2.24, 2.45) is 0 Å². The molecule has 35 heavy (non-hydrogen) atoms. The Morgan fingerprint density at radius 1 is 1.34 bits per heavy atom. The summed E-state index contributed by atoms with van der Waals surface area (Å²) < 4.78 is 0. The van der Waals surface area contributed by atoms with Crippen LogP contribution >= 0.6 is 12.6 Å². The number of piperidine rings is 1. The number of nitrogens with zero attached hydrogens (tertiary/aromatic N) is 1. The van der Waals surface area contributed by atoms with Gasteiger partial charge < -0.3 is 26.2 Å². The van der Waals surface area contributed by atoms with E-state index in [-0.39, 0.29) is 53.0 Å². The van der Waals surface area contributed by atoms with Crippen LogP contribution in [0.3, 0.4) is 0 Å². The van der Waals surface area contributed by atoms with Crippen molar-refractivity contribution in [3.8, 4) is 0 Å². The maximum absolute atomic E-state index is 11.8. The number of likely N-dealkylation sites (tertiary alicyclic amines) is 1. The zero-order valence-electron chi connectivity index (χ0n) is 21.4. The first-order valence-electron chi connectivity index (χ1n) is 11.6. The van der Waals surface area contributed by atoms with Gasteiger partial charge in [0.15, 0.2) is 5.91 Å². The Morgan fingerprint density at radius 2 is 2.00 bits per heavy atom. The van der Waals surface area contributed by atoms with Gasteiger partial charge in [0.05, 0.1) is 0 Å². The summed E-state index contributed by atoms with van der Waals surface area (Å²) in [5.41, 5.74) is 8.40. The topological polar surface area (TPSA) is 99.3 Å². The van der Waals surface area contributed by atoms with Crippen LogP contribution in [0, 0.1) is 17.9 Å². The van der Waals surface area contributed by atoms with E-state index in [4.69, 9.17) is 11.1 Å². The molecule has 0 spiro atoms. The summed E-state index contributed by atoms with van der Waals surface area (Å²) >= 11 is 4.22. The average Bonchev–Trinajstić information content (AvgIpc) is 2.82. The van der Waals surface area contributed by atoms with Crippen molar-refractivity contribution in [3.63, 3.8) is 0 Å². The van der Waals surface area contributed by atoms with Gasteiger partial charge in [-0.15, -0.1) is 19.1 Å². The molecule has 0 aliphatic carbocycles. The van der Waals surface area contributed by atoms with Crippen LogP contribution in [-0.2, 0) is 9.59 Å². The van der Waals surface area contributed by atoms with Crippen LogP contribution in [0.25, 0.3) is 0 Å². The summed E-state index contributed by atoms with van der Waals surface area (Å²) in [5, 5.41) is 10.5. The van der Waals surface area contributed by atoms with Crippen LogP contribution in [0.1, 0.15) is 57.9 Å². The van der Waals surface area contributed by atoms with Crippen molar-refractivity contribution in [1.29, 1.82) is 5.41 Å². The van der Waals surface area contributed by atoms with Crippen molar-refractivity contribution in [2.45, 2.75) is 63.3 Å². The first-order valence-corrected chi connectivity index (χ1v) is 12.0. The Labute approximate surface area is 238 Å². The van der Waals surface area contributed by atoms with E-state index >= 15 is 0 Å². The molecular formula is C27H38N4NaO2S-. The number of hydrogen-bond donors (Lipinski definition) is 4. The summed E-state index contributed by atoms with van der Waals surface area (Å²) in [6.45, 7) is 12.8. The Morgan fingerprint density at radius 3 is 2.54 bits per heavy atom. The summed E-state index contributed by atoms with van der Waals surface area (Å²) in [6, 6.07) is 5.87. The standard InChI is InChI=1S/C17H26N3O2.C10H12NS.Na/c1-4-5-6-16(18)17(22)19-15-9-11-20(12-10-15)13(2)7-8-14(3)21;1-2-3-4-8-5-6-9(11)10(12)7-8;/h6,15,18H,2,4,7-12H2,1,3H3,(H,19,22);2,4-7,12H,1,3,11H2;/q2*-1;+1. The van der Waals surface area contributed by atoms with Gasteiger partial charge in [0, 0.05) is 36.9 Å². The monoisotopic (exact) mass is 505 g/mol. The number of nitrogen functional groups attached to an aromatic ring is 1. The van der Waals surface area contributed by atoms with E-state index in [0.29, 0.717) is 24.9 Å². The molecule has 1 saturated heterocycles. The number of benzene rings is 1. The molecule has 1 aliphatic heterocycles. The molecule has 1 fully saturated rings. The van der Waals surface area contributed by atoms with E-state index in [0.717, 1.165) is 48.5 Å². The quantitative estimate of drug-likeness (QED) is 0.0922. The number of rotatable bonds is 11. The first kappa shape index (κ1) is 33.1. The Kier molecular flexibility index (Phi) is 17.3. The van der Waals surface area contributed by atoms with E-state index in [9.17, 15) is 9.59 Å². The minimum atomic E-state index is -0.338. The number of nitrogens with one attached hydrogen (secondary N) is 2. The van der Waals surface area contributed by atoms with E-state index < -0.39 is 0 Å². The average molecular weight is 506 g/mol. The largest absolute Gasteiger partial charge is 1.00 e. The fourth-order valence-corrected chi connectivity index (χ4v) is 3.48. The predicted molar refractivity (Wildman–Crippen MR) is 144 cm³/mol. The summed E-state index contributed by atoms with van der Waals surface area (Å²) in [5.74, 6) is -0.159. The van der Waals surface area contributed by atoms with Gasteiger partial charge in [-0.05, 0) is 36.8 Å². The minimum absolute atomic E-state index is 0. The SMILES string of the molecule is C=C(CCC(C)=O)N1CCC(NC(=O)C(=N)C=[C-]CC)CC1.C=CC[CH-]c1ccc(N)c(S)c1.[Na+]. The Bertz CT molecular complexity index is 893. The summed E-state index contributed by atoms with van der Waals surface area (Å²) in [4.78, 5) is 25.9. The molecule has 0 radical (unpaired) electrons. The number of Topliss-reactive ketones (excluding diaryl/α,β-unsaturated/α-hetero) is 1. The number of ketones is 1. The van der Waals surface area contributed by atoms with Crippen LogP contribution in [0.4, 0.5) is 5.69 Å². The third kappa shape index (κ3) is 13.7. The van der Waals surface area contributed by atoms with Crippen molar-refractivity contribution in [1.82, 2.24) is 10.2 Å². The van der Waals surface area contributed by atoms with Gasteiger partial charge in [-0.3, -0.25) is 10.9 Å². The van der Waals surface area contributed by atoms with Gasteiger partial charge in [0.25, 0.3) is 0 Å². The number of hydrogen-bond acceptors (Lipinski definition) is 6. The molecule has 1 heterocycles. The van der Waals surface area contributed by atoms with Gasteiger partial charge in [-0.25, -0.2) is 6.08 Å². The zero-order chi connectivity index (χ0) is 25.5. The zero-order valence-corrected chi connectivity index (χ0v) is 24.3. The molecule has 6 nitrogen and oxygen atoms in total. The molecule has 0 saturated carbocycles. The van der Waals surface area contributed by atoms with Crippen molar-refractivity contribution >= 4 is 35.7 Å². The molecule has 0 bridgehead atoms. The normalized spacial score (nSPS) is 13.2. The summed E-state index contributed by atoms with van der Waals surface area (Å²) in [6.07, 6.45) is 12.7. The molecule has 0 atom stereocenters. The Hall–Kier alpha value is -1.93. The van der Waals surface area contributed by atoms with Crippen molar-refractivity contribution in [3.05, 3.63) is 67.3 Å². The summed E-state index contributed by atoms with van der Waals surface area (Å²) in [7, 11) is 0. The second-order valence-corrected chi connectivity index (χ2v) is 8.65. The molecule has 4 N–H and O–H groups in total. The predicted octanol–water partition coefficient (Wildman–Crippen LogP) is 1.93. The number of anilines is 1. The van der Waals surface area contributed by atoms with E-state index in [1.165, 1.54) is 6.08 Å². The second kappa shape index (κ2) is 18.4. The van der Waals surface area contributed by atoms with Gasteiger partial charge in [-0.2, -0.15) is 30.7 Å². The number of carbonyl (C=O) groups excluding carboxylic acids is 2. The van der Waals surface area contributed by atoms with E-state index in [1.807, 2.05) is 31.2 Å². The number of thiol groups is 1. The molecule has 186 valence electrons. The van der Waals surface area contributed by atoms with Gasteiger partial charge in [-0.1, -0.05) is 32.1 Å². The first-order chi connectivity index (χ1) is 16.2. The van der Waals surface area contributed by atoms with Crippen LogP contribution in [-0.4, -0.2) is 41.4 Å². The van der Waals surface area contributed by atoms with Gasteiger partial charge in [0.2, 0.25) is 0 Å². The smallest absolute Gasteiger partial charge is 0.400 e. The van der Waals surface area contributed by atoms with Crippen molar-refractivity contribution in [2.75, 3.05) is 18.8 Å². The Balaban J connectivity index is 0.000000753. The third-order valence-electron chi connectivity index (χ3n) is 5.31. The maximum atomic E-state index is 11.8. The van der Waals surface area contributed by atoms with Crippen molar-refractivity contribution < 1.29 is 39.1 Å². The van der Waals surface area contributed by atoms with Crippen LogP contribution in [0.2, 0.25) is 0 Å². The molecule has 1 amide bonds. The van der Waals surface area contributed by atoms with E-state index in [2.05, 4.69) is 48.5 Å².